The molecular formula is C36H58O8. The number of allylic oxidation sites excluding steroid dienone is 2. The Morgan fingerprint density at radius 1 is 0.909 bits per heavy atom. The van der Waals surface area contributed by atoms with Gasteiger partial charge in [-0.3, -0.25) is 0 Å². The van der Waals surface area contributed by atoms with Crippen molar-refractivity contribution < 1.29 is 39.8 Å². The van der Waals surface area contributed by atoms with Crippen LogP contribution >= 0.6 is 0 Å². The molecule has 44 heavy (non-hydrogen) atoms. The number of carbonyl (C=O) groups is 1. The van der Waals surface area contributed by atoms with Gasteiger partial charge in [-0.2, -0.15) is 0 Å². The van der Waals surface area contributed by atoms with Crippen molar-refractivity contribution >= 4 is 5.97 Å². The second-order valence-corrected chi connectivity index (χ2v) is 17.9. The molecule has 0 amide bonds. The number of carboxylic acids is 1. The van der Waals surface area contributed by atoms with Crippen LogP contribution in [0.15, 0.2) is 11.6 Å². The van der Waals surface area contributed by atoms with Crippen molar-refractivity contribution in [1.82, 2.24) is 0 Å². The molecule has 6 aliphatic rings. The minimum Gasteiger partial charge on any atom is -0.479 e. The molecule has 0 radical (unpaired) electrons. The van der Waals surface area contributed by atoms with Gasteiger partial charge < -0.3 is 35.0 Å². The summed E-state index contributed by atoms with van der Waals surface area (Å²) in [5.41, 5.74) is 1.15. The van der Waals surface area contributed by atoms with E-state index in [1.54, 1.807) is 5.57 Å². The van der Waals surface area contributed by atoms with Gasteiger partial charge in [0.15, 0.2) is 12.4 Å². The second-order valence-electron chi connectivity index (χ2n) is 17.9. The lowest BCUT2D eigenvalue weighted by Crippen LogP contribution is -2.66. The zero-order chi connectivity index (χ0) is 32.3. The van der Waals surface area contributed by atoms with Crippen LogP contribution in [0.2, 0.25) is 0 Å². The van der Waals surface area contributed by atoms with Crippen LogP contribution < -0.4 is 0 Å². The summed E-state index contributed by atoms with van der Waals surface area (Å²) in [6.07, 6.45) is 5.44. The number of fused-ring (bicyclic) bond motifs is 7. The molecule has 1 heterocycles. The van der Waals surface area contributed by atoms with Crippen LogP contribution in [-0.4, -0.2) is 74.9 Å². The number of carboxylic acid groups (broad SMARTS) is 1. The van der Waals surface area contributed by atoms with Gasteiger partial charge in [-0.05, 0) is 97.2 Å². The van der Waals surface area contributed by atoms with E-state index in [9.17, 15) is 30.3 Å². The topological polar surface area (TPSA) is 137 Å². The first-order chi connectivity index (χ1) is 20.4. The van der Waals surface area contributed by atoms with Crippen LogP contribution in [-0.2, 0) is 14.3 Å². The zero-order valence-corrected chi connectivity index (χ0v) is 28.0. The molecule has 0 bridgehead atoms. The molecule has 5 N–H and O–H groups in total. The summed E-state index contributed by atoms with van der Waals surface area (Å²) in [5.74, 6) is -0.270. The molecule has 1 saturated heterocycles. The molecule has 250 valence electrons. The highest BCUT2D eigenvalue weighted by Crippen LogP contribution is 2.75. The maximum Gasteiger partial charge on any atom is 0.335 e. The van der Waals surface area contributed by atoms with E-state index in [-0.39, 0.29) is 52.1 Å². The van der Waals surface area contributed by atoms with Crippen LogP contribution in [0.4, 0.5) is 0 Å². The Labute approximate surface area is 263 Å². The Morgan fingerprint density at radius 3 is 2.27 bits per heavy atom. The molecule has 0 spiro atoms. The maximum atomic E-state index is 11.7. The van der Waals surface area contributed by atoms with E-state index >= 15 is 0 Å². The van der Waals surface area contributed by atoms with Crippen LogP contribution in [0.5, 0.6) is 0 Å². The molecule has 0 aromatic heterocycles. The fourth-order valence-electron chi connectivity index (χ4n) is 12.2. The Kier molecular flexibility index (Phi) is 7.84. The van der Waals surface area contributed by atoms with E-state index < -0.39 is 42.1 Å². The van der Waals surface area contributed by atoms with Crippen LogP contribution in [0, 0.1) is 50.2 Å². The lowest BCUT2D eigenvalue weighted by Gasteiger charge is -2.72. The molecule has 0 aromatic carbocycles. The average Bonchev–Trinajstić information content (AvgIpc) is 2.93. The van der Waals surface area contributed by atoms with Crippen molar-refractivity contribution in [2.75, 3.05) is 6.61 Å². The van der Waals surface area contributed by atoms with Gasteiger partial charge in [0.1, 0.15) is 6.10 Å². The predicted molar refractivity (Wildman–Crippen MR) is 165 cm³/mol. The largest absolute Gasteiger partial charge is 0.479 e. The van der Waals surface area contributed by atoms with Gasteiger partial charge in [0, 0.05) is 17.3 Å². The first-order valence-electron chi connectivity index (χ1n) is 17.3. The van der Waals surface area contributed by atoms with Gasteiger partial charge in [-0.1, -0.05) is 60.1 Å². The zero-order valence-electron chi connectivity index (χ0n) is 28.0. The molecular weight excluding hydrogens is 560 g/mol. The van der Waals surface area contributed by atoms with Gasteiger partial charge in [-0.15, -0.1) is 0 Å². The summed E-state index contributed by atoms with van der Waals surface area (Å²) in [6, 6.07) is 0. The molecule has 4 saturated carbocycles. The minimum absolute atomic E-state index is 0.0344. The Hall–Kier alpha value is -1.03. The van der Waals surface area contributed by atoms with E-state index in [1.807, 2.05) is 0 Å². The maximum absolute atomic E-state index is 11.7. The normalized spacial score (nSPS) is 55.1. The number of rotatable bonds is 4. The highest BCUT2D eigenvalue weighted by atomic mass is 16.7. The number of aliphatic carboxylic acids is 1. The molecule has 5 fully saturated rings. The summed E-state index contributed by atoms with van der Waals surface area (Å²) >= 11 is 0. The standard InChI is InChI=1S/C36H58O8/c1-31(2)17-21-20-8-9-25-33(4)12-11-27(43-30-23(39)16-22(38)28(44-30)29(41)42)34(5,19-37)24(33)10-13-36(25,7)35(20,6)15-14-32(21,3)26(40)18-31/h8,21-28,30,37-40H,9-19H2,1-7H3,(H,41,42)/t21?,22-,23?,24?,25?,26+,27-,28?,30+,32+,33-,34+,35+,36+/m0/s1. The summed E-state index contributed by atoms with van der Waals surface area (Å²) in [6.45, 7) is 16.5. The Balaban J connectivity index is 1.30. The monoisotopic (exact) mass is 618 g/mol. The third-order valence-corrected chi connectivity index (χ3v) is 15.2. The highest BCUT2D eigenvalue weighted by Gasteiger charge is 2.69. The lowest BCUT2D eigenvalue weighted by molar-refractivity contribution is -0.309. The molecule has 8 heteroatoms. The quantitative estimate of drug-likeness (QED) is 0.218. The number of aliphatic hydroxyl groups is 4. The molecule has 14 atom stereocenters. The average molecular weight is 619 g/mol. The first kappa shape index (κ1) is 32.9. The van der Waals surface area contributed by atoms with Crippen molar-refractivity contribution in [3.8, 4) is 0 Å². The summed E-state index contributed by atoms with van der Waals surface area (Å²) < 4.78 is 12.0. The molecule has 6 rings (SSSR count). The SMILES string of the molecule is CC1(C)CC2C3=CCC4[C@@]5(C)CC[C@H](O[C@@H]6OC(C(=O)O)[C@@H](O)CC6O)[C@](C)(CO)C5CC[C@@]4(C)[C@]3(C)CC[C@@]2(C)[C@H](O)C1. The Bertz CT molecular complexity index is 1180. The van der Waals surface area contributed by atoms with Crippen molar-refractivity contribution in [3.05, 3.63) is 11.6 Å². The van der Waals surface area contributed by atoms with Gasteiger partial charge >= 0.3 is 5.97 Å². The van der Waals surface area contributed by atoms with Crippen molar-refractivity contribution in [2.45, 2.75) is 149 Å². The van der Waals surface area contributed by atoms with E-state index in [0.717, 1.165) is 51.4 Å². The number of ether oxygens (including phenoxy) is 2. The third kappa shape index (κ3) is 4.47. The molecule has 8 nitrogen and oxygen atoms in total. The van der Waals surface area contributed by atoms with Crippen molar-refractivity contribution in [2.24, 2.45) is 50.2 Å². The van der Waals surface area contributed by atoms with Gasteiger partial charge in [0.2, 0.25) is 0 Å². The second kappa shape index (κ2) is 10.5. The van der Waals surface area contributed by atoms with E-state index in [4.69, 9.17) is 9.47 Å². The fourth-order valence-corrected chi connectivity index (χ4v) is 12.2. The first-order valence-corrected chi connectivity index (χ1v) is 17.3. The van der Waals surface area contributed by atoms with E-state index in [2.05, 4.69) is 54.5 Å². The predicted octanol–water partition coefficient (Wildman–Crippen LogP) is 5.06. The van der Waals surface area contributed by atoms with Crippen molar-refractivity contribution in [3.63, 3.8) is 0 Å². The van der Waals surface area contributed by atoms with Gasteiger partial charge in [0.05, 0.1) is 24.9 Å². The lowest BCUT2D eigenvalue weighted by atomic mass is 9.33. The van der Waals surface area contributed by atoms with E-state index in [1.165, 1.54) is 0 Å². The summed E-state index contributed by atoms with van der Waals surface area (Å²) in [7, 11) is 0. The van der Waals surface area contributed by atoms with Crippen LogP contribution in [0.1, 0.15) is 113 Å². The summed E-state index contributed by atoms with van der Waals surface area (Å²) in [5, 5.41) is 52.8. The number of hydrogen-bond acceptors (Lipinski definition) is 7. The smallest absolute Gasteiger partial charge is 0.335 e. The van der Waals surface area contributed by atoms with E-state index in [0.29, 0.717) is 18.3 Å². The third-order valence-electron chi connectivity index (χ3n) is 15.2. The summed E-state index contributed by atoms with van der Waals surface area (Å²) in [4.78, 5) is 11.7. The van der Waals surface area contributed by atoms with Crippen molar-refractivity contribution in [1.29, 1.82) is 0 Å². The van der Waals surface area contributed by atoms with Crippen LogP contribution in [0.25, 0.3) is 0 Å². The molecule has 1 aliphatic heterocycles. The highest BCUT2D eigenvalue weighted by molar-refractivity contribution is 5.73. The number of aliphatic hydroxyl groups excluding tert-OH is 4. The fraction of sp³-hybridized carbons (Fsp3) is 0.917. The molecule has 0 aromatic rings. The number of hydrogen-bond donors (Lipinski definition) is 5. The molecule has 5 unspecified atom stereocenters. The van der Waals surface area contributed by atoms with Crippen LogP contribution in [0.3, 0.4) is 0 Å². The van der Waals surface area contributed by atoms with Gasteiger partial charge in [0.25, 0.3) is 0 Å². The minimum atomic E-state index is -1.45. The Morgan fingerprint density at radius 2 is 1.61 bits per heavy atom. The van der Waals surface area contributed by atoms with Gasteiger partial charge in [-0.25, -0.2) is 4.79 Å². The molecule has 5 aliphatic carbocycles.